The van der Waals surface area contributed by atoms with Crippen molar-refractivity contribution in [3.8, 4) is 6.07 Å². The first kappa shape index (κ1) is 20.0. The number of hydrogen-bond acceptors (Lipinski definition) is 5. The van der Waals surface area contributed by atoms with E-state index < -0.39 is 17.6 Å². The van der Waals surface area contributed by atoms with Gasteiger partial charge in [0.1, 0.15) is 6.54 Å². The smallest absolute Gasteiger partial charge is 0.298 e. The molecular weight excluding hydrogens is 415 g/mol. The van der Waals surface area contributed by atoms with Crippen LogP contribution < -0.4 is 4.90 Å². The number of aromatic nitrogens is 3. The number of benzene rings is 1. The lowest BCUT2D eigenvalue weighted by molar-refractivity contribution is -0.137. The molecule has 0 spiro atoms. The normalized spacial score (nSPS) is 11.4. The zero-order valence-electron chi connectivity index (χ0n) is 14.0. The van der Waals surface area contributed by atoms with Gasteiger partial charge in [-0.3, -0.25) is 14.1 Å². The van der Waals surface area contributed by atoms with Crippen LogP contribution >= 0.6 is 23.4 Å². The number of halogens is 4. The third-order valence-electron chi connectivity index (χ3n) is 3.68. The van der Waals surface area contributed by atoms with Gasteiger partial charge in [0.25, 0.3) is 0 Å². The highest BCUT2D eigenvalue weighted by Gasteiger charge is 2.32. The number of carbonyl (C=O) groups is 1. The van der Waals surface area contributed by atoms with Crippen molar-refractivity contribution in [1.82, 2.24) is 14.6 Å². The van der Waals surface area contributed by atoms with E-state index in [0.29, 0.717) is 5.69 Å². The van der Waals surface area contributed by atoms with Crippen molar-refractivity contribution in [2.45, 2.75) is 11.3 Å². The molecule has 3 rings (SSSR count). The Hall–Kier alpha value is -2.77. The lowest BCUT2D eigenvalue weighted by atomic mass is 10.3. The number of rotatable bonds is 5. The van der Waals surface area contributed by atoms with Crippen LogP contribution in [0.4, 0.5) is 18.9 Å². The van der Waals surface area contributed by atoms with Crippen molar-refractivity contribution >= 4 is 40.6 Å². The van der Waals surface area contributed by atoms with E-state index in [1.807, 2.05) is 6.07 Å². The van der Waals surface area contributed by atoms with E-state index in [2.05, 4.69) is 10.2 Å². The first-order chi connectivity index (χ1) is 13.3. The summed E-state index contributed by atoms with van der Waals surface area (Å²) >= 11 is 6.78. The molecule has 2 aromatic heterocycles. The maximum absolute atomic E-state index is 13.0. The van der Waals surface area contributed by atoms with E-state index in [4.69, 9.17) is 16.9 Å². The number of alkyl halides is 3. The molecule has 2 heterocycles. The molecule has 0 atom stereocenters. The second kappa shape index (κ2) is 8.08. The van der Waals surface area contributed by atoms with E-state index >= 15 is 0 Å². The van der Waals surface area contributed by atoms with Gasteiger partial charge in [-0.1, -0.05) is 41.6 Å². The molecule has 0 saturated carbocycles. The Morgan fingerprint density at radius 2 is 2.00 bits per heavy atom. The van der Waals surface area contributed by atoms with E-state index in [0.717, 1.165) is 28.4 Å². The highest BCUT2D eigenvalue weighted by Crippen LogP contribution is 2.33. The molecule has 1 amide bonds. The van der Waals surface area contributed by atoms with Gasteiger partial charge in [-0.15, -0.1) is 10.2 Å². The molecule has 3 aromatic rings. The molecule has 0 unspecified atom stereocenters. The summed E-state index contributed by atoms with van der Waals surface area (Å²) in [6.45, 7) is -0.159. The first-order valence-electron chi connectivity index (χ1n) is 7.78. The average molecular weight is 426 g/mol. The zero-order chi connectivity index (χ0) is 20.3. The van der Waals surface area contributed by atoms with Crippen molar-refractivity contribution in [1.29, 1.82) is 5.26 Å². The van der Waals surface area contributed by atoms with Crippen molar-refractivity contribution in [2.24, 2.45) is 0 Å². The van der Waals surface area contributed by atoms with Gasteiger partial charge in [0, 0.05) is 11.9 Å². The third-order valence-corrected chi connectivity index (χ3v) is 4.88. The molecule has 0 bridgehead atoms. The monoisotopic (exact) mass is 425 g/mol. The third kappa shape index (κ3) is 4.21. The Labute approximate surface area is 166 Å². The molecule has 0 aliphatic heterocycles. The summed E-state index contributed by atoms with van der Waals surface area (Å²) in [5, 5.41) is 16.5. The molecule has 144 valence electrons. The fourth-order valence-corrected chi connectivity index (χ4v) is 3.43. The Morgan fingerprint density at radius 3 is 2.64 bits per heavy atom. The summed E-state index contributed by atoms with van der Waals surface area (Å²) in [5.74, 6) is -0.543. The Balaban J connectivity index is 1.84. The van der Waals surface area contributed by atoms with Gasteiger partial charge >= 0.3 is 6.18 Å². The minimum atomic E-state index is -4.59. The van der Waals surface area contributed by atoms with Crippen molar-refractivity contribution in [2.75, 3.05) is 17.2 Å². The quantitative estimate of drug-likeness (QED) is 0.455. The fourth-order valence-electron chi connectivity index (χ4n) is 2.39. The number of nitriles is 1. The van der Waals surface area contributed by atoms with Crippen LogP contribution in [0.3, 0.4) is 0 Å². The topological polar surface area (TPSA) is 74.3 Å². The largest absolute Gasteiger partial charge is 0.417 e. The van der Waals surface area contributed by atoms with Gasteiger partial charge in [0.15, 0.2) is 10.8 Å². The van der Waals surface area contributed by atoms with Crippen LogP contribution in [-0.4, -0.2) is 32.8 Å². The highest BCUT2D eigenvalue weighted by molar-refractivity contribution is 7.99. The van der Waals surface area contributed by atoms with Crippen LogP contribution in [0.15, 0.2) is 47.8 Å². The Bertz CT molecular complexity index is 1050. The summed E-state index contributed by atoms with van der Waals surface area (Å²) in [6, 6.07) is 11.3. The molecule has 6 nitrogen and oxygen atoms in total. The van der Waals surface area contributed by atoms with Gasteiger partial charge in [-0.2, -0.15) is 18.4 Å². The number of carbonyl (C=O) groups excluding carboxylic acids is 1. The molecule has 0 aliphatic carbocycles. The van der Waals surface area contributed by atoms with E-state index in [1.165, 1.54) is 4.90 Å². The minimum absolute atomic E-state index is 0.0570. The van der Waals surface area contributed by atoms with Crippen LogP contribution in [0.2, 0.25) is 5.02 Å². The fraction of sp³-hybridized carbons (Fsp3) is 0.176. The van der Waals surface area contributed by atoms with Crippen LogP contribution in [0.5, 0.6) is 0 Å². The number of pyridine rings is 1. The standard InChI is InChI=1S/C17H11ClF3N5OS/c18-13-8-11(17(19,20)21)9-26-15(13)23-24-16(26)28-10-14(27)25(7-6-22)12-4-2-1-3-5-12/h1-5,8-9H,7,10H2. The maximum Gasteiger partial charge on any atom is 0.417 e. The van der Waals surface area contributed by atoms with E-state index in [1.54, 1.807) is 30.3 Å². The number of fused-ring (bicyclic) bond motifs is 1. The highest BCUT2D eigenvalue weighted by atomic mass is 35.5. The van der Waals surface area contributed by atoms with Crippen LogP contribution in [0.1, 0.15) is 5.56 Å². The molecule has 0 radical (unpaired) electrons. The summed E-state index contributed by atoms with van der Waals surface area (Å²) < 4.78 is 40.1. The minimum Gasteiger partial charge on any atom is -0.298 e. The van der Waals surface area contributed by atoms with Crippen molar-refractivity contribution < 1.29 is 18.0 Å². The molecule has 0 fully saturated rings. The molecule has 11 heteroatoms. The predicted molar refractivity (Wildman–Crippen MR) is 98.1 cm³/mol. The Kier molecular flexibility index (Phi) is 5.76. The number of anilines is 1. The van der Waals surface area contributed by atoms with Crippen LogP contribution in [0.25, 0.3) is 5.65 Å². The predicted octanol–water partition coefficient (Wildman–Crippen LogP) is 4.05. The Morgan fingerprint density at radius 1 is 1.29 bits per heavy atom. The van der Waals surface area contributed by atoms with Gasteiger partial charge in [-0.25, -0.2) is 0 Å². The van der Waals surface area contributed by atoms with Gasteiger partial charge < -0.3 is 0 Å². The maximum atomic E-state index is 13.0. The molecule has 0 saturated heterocycles. The lowest BCUT2D eigenvalue weighted by Crippen LogP contribution is -2.32. The second-order valence-electron chi connectivity index (χ2n) is 5.51. The number of para-hydroxylation sites is 1. The molecule has 0 aliphatic rings. The van der Waals surface area contributed by atoms with Gasteiger partial charge in [-0.05, 0) is 18.2 Å². The lowest BCUT2D eigenvalue weighted by Gasteiger charge is -2.19. The number of hydrogen-bond donors (Lipinski definition) is 0. The summed E-state index contributed by atoms with van der Waals surface area (Å²) in [7, 11) is 0. The summed E-state index contributed by atoms with van der Waals surface area (Å²) in [5.41, 5.74) is -0.349. The zero-order valence-corrected chi connectivity index (χ0v) is 15.6. The summed E-state index contributed by atoms with van der Waals surface area (Å²) in [4.78, 5) is 13.8. The molecule has 0 N–H and O–H groups in total. The van der Waals surface area contributed by atoms with E-state index in [-0.39, 0.29) is 28.1 Å². The molecule has 28 heavy (non-hydrogen) atoms. The van der Waals surface area contributed by atoms with Crippen LogP contribution in [0, 0.1) is 11.3 Å². The summed E-state index contributed by atoms with van der Waals surface area (Å²) in [6.07, 6.45) is -3.75. The number of nitrogens with zero attached hydrogens (tertiary/aromatic N) is 5. The van der Waals surface area contributed by atoms with Crippen molar-refractivity contribution in [3.63, 3.8) is 0 Å². The first-order valence-corrected chi connectivity index (χ1v) is 9.14. The van der Waals surface area contributed by atoms with Gasteiger partial charge in [0.2, 0.25) is 5.91 Å². The average Bonchev–Trinajstić information content (AvgIpc) is 3.08. The van der Waals surface area contributed by atoms with Crippen LogP contribution in [-0.2, 0) is 11.0 Å². The second-order valence-corrected chi connectivity index (χ2v) is 6.86. The van der Waals surface area contributed by atoms with Gasteiger partial charge in [0.05, 0.1) is 22.4 Å². The van der Waals surface area contributed by atoms with E-state index in [9.17, 15) is 18.0 Å². The van der Waals surface area contributed by atoms with Crippen molar-refractivity contribution in [3.05, 3.63) is 53.2 Å². The number of amides is 1. The molecular formula is C17H11ClF3N5OS. The molecule has 1 aromatic carbocycles. The SMILES string of the molecule is N#CCN(C(=O)CSc1nnc2c(Cl)cc(C(F)(F)F)cn12)c1ccccc1. The number of thioether (sulfide) groups is 1.